The second-order valence-electron chi connectivity index (χ2n) is 4.09. The third-order valence-electron chi connectivity index (χ3n) is 2.83. The maximum atomic E-state index is 11.0. The van der Waals surface area contributed by atoms with Crippen LogP contribution in [-0.2, 0) is 11.2 Å². The van der Waals surface area contributed by atoms with Gasteiger partial charge in [0.25, 0.3) is 0 Å². The van der Waals surface area contributed by atoms with Gasteiger partial charge in [0.1, 0.15) is 5.78 Å². The number of aromatic nitrogens is 1. The number of ketones is 1. The second-order valence-corrected chi connectivity index (χ2v) is 4.95. The molecular formula is C13H14BrNO. The molecule has 0 amide bonds. The molecule has 1 aromatic carbocycles. The van der Waals surface area contributed by atoms with Crippen molar-refractivity contribution in [2.45, 2.75) is 26.7 Å². The molecule has 2 aromatic rings. The van der Waals surface area contributed by atoms with Crippen molar-refractivity contribution in [3.05, 3.63) is 33.9 Å². The third-order valence-corrected chi connectivity index (χ3v) is 3.49. The van der Waals surface area contributed by atoms with Gasteiger partial charge >= 0.3 is 0 Å². The number of nitrogens with one attached hydrogen (secondary N) is 1. The summed E-state index contributed by atoms with van der Waals surface area (Å²) in [4.78, 5) is 14.4. The van der Waals surface area contributed by atoms with Crippen molar-refractivity contribution in [2.24, 2.45) is 0 Å². The summed E-state index contributed by atoms with van der Waals surface area (Å²) in [5.74, 6) is 0.240. The molecule has 1 heterocycles. The van der Waals surface area contributed by atoms with Gasteiger partial charge in [0.05, 0.1) is 5.52 Å². The Hall–Kier alpha value is -1.09. The van der Waals surface area contributed by atoms with E-state index < -0.39 is 0 Å². The van der Waals surface area contributed by atoms with Gasteiger partial charge in [-0.3, -0.25) is 0 Å². The molecule has 1 aromatic heterocycles. The number of fused-ring (bicyclic) bond motifs is 1. The number of hydrogen-bond acceptors (Lipinski definition) is 1. The van der Waals surface area contributed by atoms with Crippen LogP contribution in [0.1, 0.15) is 24.6 Å². The summed E-state index contributed by atoms with van der Waals surface area (Å²) in [7, 11) is 0. The van der Waals surface area contributed by atoms with Crippen LogP contribution in [-0.4, -0.2) is 10.8 Å². The van der Waals surface area contributed by atoms with E-state index in [1.165, 1.54) is 10.9 Å². The van der Waals surface area contributed by atoms with E-state index in [2.05, 4.69) is 33.9 Å². The van der Waals surface area contributed by atoms with Crippen LogP contribution in [0.15, 0.2) is 22.7 Å². The Kier molecular flexibility index (Phi) is 3.15. The van der Waals surface area contributed by atoms with Crippen molar-refractivity contribution in [1.82, 2.24) is 4.98 Å². The van der Waals surface area contributed by atoms with Crippen molar-refractivity contribution < 1.29 is 4.79 Å². The molecule has 0 saturated carbocycles. The number of aromatic amines is 1. The molecule has 0 aliphatic carbocycles. The van der Waals surface area contributed by atoms with Crippen LogP contribution in [0.3, 0.4) is 0 Å². The lowest BCUT2D eigenvalue weighted by atomic mass is 10.0. The quantitative estimate of drug-likeness (QED) is 0.912. The fourth-order valence-corrected chi connectivity index (χ4v) is 2.46. The number of rotatable bonds is 3. The van der Waals surface area contributed by atoms with Crippen LogP contribution < -0.4 is 0 Å². The highest BCUT2D eigenvalue weighted by atomic mass is 79.9. The highest BCUT2D eigenvalue weighted by Gasteiger charge is 2.10. The fraction of sp³-hybridized carbons (Fsp3) is 0.308. The number of benzene rings is 1. The Labute approximate surface area is 103 Å². The van der Waals surface area contributed by atoms with Gasteiger partial charge in [-0.1, -0.05) is 12.1 Å². The predicted octanol–water partition coefficient (Wildman–Crippen LogP) is 3.76. The summed E-state index contributed by atoms with van der Waals surface area (Å²) in [6.45, 7) is 3.70. The molecule has 0 atom stereocenters. The fourth-order valence-electron chi connectivity index (χ4n) is 1.99. The van der Waals surface area contributed by atoms with Gasteiger partial charge in [-0.15, -0.1) is 0 Å². The van der Waals surface area contributed by atoms with E-state index in [9.17, 15) is 4.79 Å². The minimum Gasteiger partial charge on any atom is -0.357 e. The van der Waals surface area contributed by atoms with E-state index in [1.54, 1.807) is 6.92 Å². The first-order valence-corrected chi connectivity index (χ1v) is 6.14. The summed E-state index contributed by atoms with van der Waals surface area (Å²) in [6.07, 6.45) is 1.43. The SMILES string of the molecule is CC(=O)CCc1c(C)[nH]c2c(Br)cccc12. The zero-order valence-corrected chi connectivity index (χ0v) is 11.0. The summed E-state index contributed by atoms with van der Waals surface area (Å²) in [6, 6.07) is 6.14. The van der Waals surface area contributed by atoms with Crippen LogP contribution in [0.25, 0.3) is 10.9 Å². The van der Waals surface area contributed by atoms with Crippen molar-refractivity contribution in [2.75, 3.05) is 0 Å². The van der Waals surface area contributed by atoms with E-state index >= 15 is 0 Å². The summed E-state index contributed by atoms with van der Waals surface area (Å²) in [5, 5.41) is 1.22. The Morgan fingerprint density at radius 3 is 2.88 bits per heavy atom. The maximum absolute atomic E-state index is 11.0. The normalized spacial score (nSPS) is 10.9. The molecule has 2 rings (SSSR count). The Balaban J connectivity index is 2.48. The number of aryl methyl sites for hydroxylation is 2. The van der Waals surface area contributed by atoms with Gasteiger partial charge in [-0.2, -0.15) is 0 Å². The van der Waals surface area contributed by atoms with Gasteiger partial charge in [0.15, 0.2) is 0 Å². The Morgan fingerprint density at radius 2 is 2.19 bits per heavy atom. The molecule has 0 aliphatic heterocycles. The summed E-state index contributed by atoms with van der Waals surface area (Å²) in [5.41, 5.74) is 3.54. The number of hydrogen-bond donors (Lipinski definition) is 1. The van der Waals surface area contributed by atoms with Crippen LogP contribution >= 0.6 is 15.9 Å². The van der Waals surface area contributed by atoms with Gasteiger partial charge in [0, 0.05) is 22.0 Å². The lowest BCUT2D eigenvalue weighted by molar-refractivity contribution is -0.116. The first kappa shape index (κ1) is 11.4. The molecule has 84 valence electrons. The maximum Gasteiger partial charge on any atom is 0.130 e. The standard InChI is InChI=1S/C13H14BrNO/c1-8(16)6-7-10-9(2)15-13-11(10)4-3-5-12(13)14/h3-5,15H,6-7H2,1-2H3. The highest BCUT2D eigenvalue weighted by molar-refractivity contribution is 9.10. The Morgan fingerprint density at radius 1 is 1.44 bits per heavy atom. The van der Waals surface area contributed by atoms with Crippen LogP contribution in [0.2, 0.25) is 0 Å². The molecule has 1 N–H and O–H groups in total. The van der Waals surface area contributed by atoms with E-state index in [4.69, 9.17) is 0 Å². The van der Waals surface area contributed by atoms with Gasteiger partial charge in [-0.05, 0) is 47.8 Å². The highest BCUT2D eigenvalue weighted by Crippen LogP contribution is 2.28. The number of Topliss-reactive ketones (excluding diaryl/α,β-unsaturated/α-hetero) is 1. The molecule has 2 nitrogen and oxygen atoms in total. The number of H-pyrrole nitrogens is 1. The van der Waals surface area contributed by atoms with Gasteiger partial charge in [0.2, 0.25) is 0 Å². The molecule has 0 spiro atoms. The van der Waals surface area contributed by atoms with E-state index in [0.717, 1.165) is 22.1 Å². The van der Waals surface area contributed by atoms with Gasteiger partial charge in [-0.25, -0.2) is 0 Å². The number of halogens is 1. The molecular weight excluding hydrogens is 266 g/mol. The zero-order valence-electron chi connectivity index (χ0n) is 9.43. The molecule has 0 fully saturated rings. The Bertz CT molecular complexity index is 542. The molecule has 0 aliphatic rings. The van der Waals surface area contributed by atoms with Gasteiger partial charge < -0.3 is 9.78 Å². The van der Waals surface area contributed by atoms with Crippen LogP contribution in [0, 0.1) is 6.92 Å². The minimum atomic E-state index is 0.240. The molecule has 0 saturated heterocycles. The van der Waals surface area contributed by atoms with Crippen molar-refractivity contribution in [1.29, 1.82) is 0 Å². The molecule has 0 radical (unpaired) electrons. The van der Waals surface area contributed by atoms with Crippen LogP contribution in [0.5, 0.6) is 0 Å². The summed E-state index contributed by atoms with van der Waals surface area (Å²) >= 11 is 3.53. The summed E-state index contributed by atoms with van der Waals surface area (Å²) < 4.78 is 1.07. The van der Waals surface area contributed by atoms with Crippen molar-refractivity contribution >= 4 is 32.6 Å². The van der Waals surface area contributed by atoms with E-state index in [1.807, 2.05) is 12.1 Å². The van der Waals surface area contributed by atoms with Crippen molar-refractivity contribution in [3.8, 4) is 0 Å². The minimum absolute atomic E-state index is 0.240. The number of carbonyl (C=O) groups is 1. The first-order chi connectivity index (χ1) is 7.59. The average molecular weight is 280 g/mol. The lowest BCUT2D eigenvalue weighted by Crippen LogP contribution is -1.94. The second kappa shape index (κ2) is 4.42. The molecule has 16 heavy (non-hydrogen) atoms. The van der Waals surface area contributed by atoms with E-state index in [0.29, 0.717) is 6.42 Å². The molecule has 0 bridgehead atoms. The number of carbonyl (C=O) groups excluding carboxylic acids is 1. The molecule has 3 heteroatoms. The monoisotopic (exact) mass is 279 g/mol. The van der Waals surface area contributed by atoms with E-state index in [-0.39, 0.29) is 5.78 Å². The first-order valence-electron chi connectivity index (χ1n) is 5.34. The molecule has 0 unspecified atom stereocenters. The smallest absolute Gasteiger partial charge is 0.130 e. The van der Waals surface area contributed by atoms with Crippen LogP contribution in [0.4, 0.5) is 0 Å². The third kappa shape index (κ3) is 2.05. The number of para-hydroxylation sites is 1. The average Bonchev–Trinajstić information content (AvgIpc) is 2.53. The zero-order chi connectivity index (χ0) is 11.7. The lowest BCUT2D eigenvalue weighted by Gasteiger charge is -1.99. The topological polar surface area (TPSA) is 32.9 Å². The largest absolute Gasteiger partial charge is 0.357 e. The van der Waals surface area contributed by atoms with Crippen molar-refractivity contribution in [3.63, 3.8) is 0 Å². The predicted molar refractivity (Wildman–Crippen MR) is 69.7 cm³/mol.